The first-order chi connectivity index (χ1) is 6.30. The molecular formula is C10H24OSSi2. The quantitative estimate of drug-likeness (QED) is 0.581. The zero-order valence-corrected chi connectivity index (χ0v) is 13.0. The standard InChI is InChI=1S/C10H24OSSi2/c1-6-10(12)9-7-8-13(2,3)14(4,5)11-9/h9-10,12H,6-8H2,1-5H3. The van der Waals surface area contributed by atoms with Crippen molar-refractivity contribution in [2.75, 3.05) is 0 Å². The van der Waals surface area contributed by atoms with Crippen LogP contribution in [-0.4, -0.2) is 26.8 Å². The molecule has 0 amide bonds. The van der Waals surface area contributed by atoms with Crippen LogP contribution in [0, 0.1) is 0 Å². The van der Waals surface area contributed by atoms with Gasteiger partial charge >= 0.3 is 0 Å². The summed E-state index contributed by atoms with van der Waals surface area (Å²) >= 11 is 4.62. The van der Waals surface area contributed by atoms with E-state index in [1.807, 2.05) is 0 Å². The average Bonchev–Trinajstić information content (AvgIpc) is 2.08. The second-order valence-corrected chi connectivity index (χ2v) is 21.4. The van der Waals surface area contributed by atoms with Crippen molar-refractivity contribution in [1.29, 1.82) is 0 Å². The molecule has 0 bridgehead atoms. The first-order valence-corrected chi connectivity index (χ1v) is 13.3. The highest BCUT2D eigenvalue weighted by molar-refractivity contribution is 7.81. The van der Waals surface area contributed by atoms with Crippen molar-refractivity contribution >= 4 is 28.1 Å². The van der Waals surface area contributed by atoms with Gasteiger partial charge in [0, 0.05) is 5.25 Å². The number of thiol groups is 1. The van der Waals surface area contributed by atoms with Gasteiger partial charge in [0.15, 0.2) is 7.83 Å². The molecule has 1 fully saturated rings. The Kier molecular flexibility index (Phi) is 3.95. The minimum Gasteiger partial charge on any atom is -0.416 e. The molecule has 1 nitrogen and oxygen atoms in total. The lowest BCUT2D eigenvalue weighted by atomic mass is 10.1. The maximum atomic E-state index is 6.37. The van der Waals surface area contributed by atoms with E-state index in [1.54, 1.807) is 0 Å². The highest BCUT2D eigenvalue weighted by Gasteiger charge is 2.48. The summed E-state index contributed by atoms with van der Waals surface area (Å²) in [5.74, 6) is 0. The molecule has 2 unspecified atom stereocenters. The lowest BCUT2D eigenvalue weighted by molar-refractivity contribution is 0.181. The van der Waals surface area contributed by atoms with Gasteiger partial charge in [0.1, 0.15) is 0 Å². The number of rotatable bonds is 2. The van der Waals surface area contributed by atoms with Gasteiger partial charge in [-0.05, 0) is 25.9 Å². The first kappa shape index (κ1) is 12.8. The highest BCUT2D eigenvalue weighted by atomic mass is 32.1. The zero-order chi connectivity index (χ0) is 11.0. The molecule has 0 aromatic carbocycles. The van der Waals surface area contributed by atoms with Gasteiger partial charge in [-0.2, -0.15) is 12.6 Å². The first-order valence-electron chi connectivity index (χ1n) is 5.66. The summed E-state index contributed by atoms with van der Waals surface area (Å²) in [4.78, 5) is 0. The predicted octanol–water partition coefficient (Wildman–Crippen LogP) is 3.48. The molecule has 14 heavy (non-hydrogen) atoms. The van der Waals surface area contributed by atoms with Gasteiger partial charge in [0.05, 0.1) is 13.7 Å². The van der Waals surface area contributed by atoms with Crippen molar-refractivity contribution in [1.82, 2.24) is 0 Å². The van der Waals surface area contributed by atoms with Crippen LogP contribution in [0.5, 0.6) is 0 Å². The van der Waals surface area contributed by atoms with Crippen LogP contribution in [0.2, 0.25) is 32.2 Å². The van der Waals surface area contributed by atoms with Crippen LogP contribution in [0.3, 0.4) is 0 Å². The van der Waals surface area contributed by atoms with E-state index in [4.69, 9.17) is 4.43 Å². The van der Waals surface area contributed by atoms with Crippen molar-refractivity contribution in [3.63, 3.8) is 0 Å². The van der Waals surface area contributed by atoms with Gasteiger partial charge in [-0.3, -0.25) is 0 Å². The molecule has 0 spiro atoms. The fourth-order valence-corrected chi connectivity index (χ4v) is 8.88. The fourth-order valence-electron chi connectivity index (χ4n) is 1.93. The Morgan fingerprint density at radius 3 is 2.36 bits per heavy atom. The van der Waals surface area contributed by atoms with E-state index in [-0.39, 0.29) is 0 Å². The second kappa shape index (κ2) is 4.31. The van der Waals surface area contributed by atoms with E-state index in [0.29, 0.717) is 11.4 Å². The van der Waals surface area contributed by atoms with Crippen molar-refractivity contribution in [2.24, 2.45) is 0 Å². The van der Waals surface area contributed by atoms with E-state index < -0.39 is 15.4 Å². The Hall–Kier alpha value is 0.744. The van der Waals surface area contributed by atoms with E-state index in [2.05, 4.69) is 45.7 Å². The maximum absolute atomic E-state index is 6.37. The maximum Gasteiger partial charge on any atom is 0.174 e. The molecule has 0 N–H and O–H groups in total. The van der Waals surface area contributed by atoms with Crippen LogP contribution in [0.15, 0.2) is 0 Å². The summed E-state index contributed by atoms with van der Waals surface area (Å²) in [5.41, 5.74) is 0. The summed E-state index contributed by atoms with van der Waals surface area (Å²) in [6.07, 6.45) is 2.81. The summed E-state index contributed by atoms with van der Waals surface area (Å²) in [7, 11) is -2.41. The molecule has 0 radical (unpaired) electrons. The third-order valence-corrected chi connectivity index (χ3v) is 21.2. The smallest absolute Gasteiger partial charge is 0.174 e. The molecule has 0 aliphatic carbocycles. The molecule has 1 heterocycles. The van der Waals surface area contributed by atoms with Crippen LogP contribution >= 0.6 is 12.6 Å². The van der Waals surface area contributed by atoms with Gasteiger partial charge in [-0.15, -0.1) is 0 Å². The van der Waals surface area contributed by atoms with Crippen LogP contribution in [0.4, 0.5) is 0 Å². The summed E-state index contributed by atoms with van der Waals surface area (Å²) < 4.78 is 6.37. The van der Waals surface area contributed by atoms with Crippen LogP contribution in [0.1, 0.15) is 19.8 Å². The van der Waals surface area contributed by atoms with Gasteiger partial charge in [-0.1, -0.05) is 26.1 Å². The normalized spacial score (nSPS) is 32.6. The largest absolute Gasteiger partial charge is 0.416 e. The van der Waals surface area contributed by atoms with Gasteiger partial charge < -0.3 is 4.43 Å². The van der Waals surface area contributed by atoms with Crippen molar-refractivity contribution in [2.45, 2.75) is 63.4 Å². The topological polar surface area (TPSA) is 9.23 Å². The fraction of sp³-hybridized carbons (Fsp3) is 1.00. The minimum absolute atomic E-state index is 0.436. The number of hydrogen-bond acceptors (Lipinski definition) is 2. The lowest BCUT2D eigenvalue weighted by Gasteiger charge is -2.47. The Labute approximate surface area is 96.0 Å². The molecule has 4 heteroatoms. The SMILES string of the molecule is CCC(S)C1CC[Si](C)(C)[Si](C)(C)O1. The van der Waals surface area contributed by atoms with E-state index in [9.17, 15) is 0 Å². The lowest BCUT2D eigenvalue weighted by Crippen LogP contribution is -2.62. The predicted molar refractivity (Wildman–Crippen MR) is 72.3 cm³/mol. The molecule has 2 atom stereocenters. The van der Waals surface area contributed by atoms with Crippen LogP contribution in [-0.2, 0) is 4.43 Å². The summed E-state index contributed by atoms with van der Waals surface area (Å²) in [5, 5.41) is 0.451. The van der Waals surface area contributed by atoms with Crippen LogP contribution in [0.25, 0.3) is 0 Å². The summed E-state index contributed by atoms with van der Waals surface area (Å²) in [6.45, 7) is 12.0. The highest BCUT2D eigenvalue weighted by Crippen LogP contribution is 2.35. The molecular weight excluding hydrogens is 224 g/mol. The number of hydrogen-bond donors (Lipinski definition) is 1. The third kappa shape index (κ3) is 2.46. The Bertz CT molecular complexity index is 206. The Morgan fingerprint density at radius 2 is 1.93 bits per heavy atom. The Morgan fingerprint density at radius 1 is 1.36 bits per heavy atom. The van der Waals surface area contributed by atoms with Crippen LogP contribution < -0.4 is 0 Å². The van der Waals surface area contributed by atoms with Crippen molar-refractivity contribution < 1.29 is 4.43 Å². The molecule has 0 aromatic heterocycles. The van der Waals surface area contributed by atoms with E-state index >= 15 is 0 Å². The second-order valence-electron chi connectivity index (χ2n) is 5.56. The molecule has 1 aliphatic heterocycles. The third-order valence-electron chi connectivity index (χ3n) is 3.98. The average molecular weight is 249 g/mol. The zero-order valence-electron chi connectivity index (χ0n) is 10.1. The molecule has 0 saturated carbocycles. The monoisotopic (exact) mass is 248 g/mol. The van der Waals surface area contributed by atoms with E-state index in [1.165, 1.54) is 12.5 Å². The minimum atomic E-state index is -1.37. The van der Waals surface area contributed by atoms with Crippen molar-refractivity contribution in [3.8, 4) is 0 Å². The molecule has 1 aliphatic rings. The van der Waals surface area contributed by atoms with Gasteiger partial charge in [0.25, 0.3) is 0 Å². The van der Waals surface area contributed by atoms with E-state index in [0.717, 1.165) is 6.42 Å². The van der Waals surface area contributed by atoms with Gasteiger partial charge in [0.2, 0.25) is 0 Å². The summed E-state index contributed by atoms with van der Waals surface area (Å²) in [6, 6.07) is 1.44. The van der Waals surface area contributed by atoms with Gasteiger partial charge in [-0.25, -0.2) is 0 Å². The Balaban J connectivity index is 2.68. The molecule has 1 rings (SSSR count). The van der Waals surface area contributed by atoms with Crippen molar-refractivity contribution in [3.05, 3.63) is 0 Å². The molecule has 84 valence electrons. The molecule has 1 saturated heterocycles. The molecule has 0 aromatic rings.